The Morgan fingerprint density at radius 2 is 1.90 bits per heavy atom. The first-order valence-electron chi connectivity index (χ1n) is 7.65. The van der Waals surface area contributed by atoms with Crippen LogP contribution in [0.15, 0.2) is 24.3 Å². The fourth-order valence-electron chi connectivity index (χ4n) is 2.43. The molecule has 0 aromatic heterocycles. The molecule has 0 saturated heterocycles. The molecule has 0 aliphatic heterocycles. The van der Waals surface area contributed by atoms with Gasteiger partial charge in [-0.3, -0.25) is 4.79 Å². The minimum absolute atomic E-state index is 0.0326. The van der Waals surface area contributed by atoms with Crippen LogP contribution in [0, 0.1) is 17.8 Å². The van der Waals surface area contributed by atoms with Gasteiger partial charge in [-0.15, -0.1) is 0 Å². The summed E-state index contributed by atoms with van der Waals surface area (Å²) in [5.74, 6) is 2.36. The summed E-state index contributed by atoms with van der Waals surface area (Å²) < 4.78 is 5.52. The third-order valence-electron chi connectivity index (χ3n) is 3.70. The number of ether oxygens (including phenoxy) is 1. The predicted molar refractivity (Wildman–Crippen MR) is 87.1 cm³/mol. The van der Waals surface area contributed by atoms with Crippen molar-refractivity contribution in [2.24, 2.45) is 17.8 Å². The zero-order valence-corrected chi connectivity index (χ0v) is 13.6. The lowest BCUT2D eigenvalue weighted by molar-refractivity contribution is -0.121. The topological polar surface area (TPSA) is 64.3 Å². The summed E-state index contributed by atoms with van der Waals surface area (Å²) in [6.07, 6.45) is 0.359. The average Bonchev–Trinajstić information content (AvgIpc) is 2.38. The Balaban J connectivity index is 2.28. The molecular weight excluding hydrogens is 264 g/mol. The van der Waals surface area contributed by atoms with Crippen LogP contribution >= 0.6 is 0 Å². The van der Waals surface area contributed by atoms with Crippen LogP contribution < -0.4 is 15.8 Å². The van der Waals surface area contributed by atoms with Crippen LogP contribution in [-0.4, -0.2) is 19.1 Å². The van der Waals surface area contributed by atoms with E-state index >= 15 is 0 Å². The fourth-order valence-corrected chi connectivity index (χ4v) is 2.43. The van der Waals surface area contributed by atoms with Crippen molar-refractivity contribution in [2.75, 3.05) is 18.9 Å². The number of nitrogen functional groups attached to an aromatic ring is 1. The second-order valence-electron chi connectivity index (χ2n) is 6.13. The van der Waals surface area contributed by atoms with E-state index < -0.39 is 0 Å². The standard InChI is InChI=1S/C17H28N2O2/c1-12(2)16(13(3)4)11-19-17(20)8-9-21-15-7-5-6-14(18)10-15/h5-7,10,12-13,16H,8-9,11,18H2,1-4H3,(H,19,20). The molecule has 0 bridgehead atoms. The summed E-state index contributed by atoms with van der Waals surface area (Å²) in [5.41, 5.74) is 6.33. The third-order valence-corrected chi connectivity index (χ3v) is 3.70. The van der Waals surface area contributed by atoms with E-state index in [1.807, 2.05) is 12.1 Å². The van der Waals surface area contributed by atoms with Crippen molar-refractivity contribution in [3.63, 3.8) is 0 Å². The lowest BCUT2D eigenvalue weighted by Crippen LogP contribution is -2.34. The summed E-state index contributed by atoms with van der Waals surface area (Å²) >= 11 is 0. The molecule has 0 heterocycles. The van der Waals surface area contributed by atoms with E-state index in [0.29, 0.717) is 42.2 Å². The van der Waals surface area contributed by atoms with Gasteiger partial charge in [-0.2, -0.15) is 0 Å². The highest BCUT2D eigenvalue weighted by molar-refractivity contribution is 5.76. The van der Waals surface area contributed by atoms with Crippen molar-refractivity contribution in [1.29, 1.82) is 0 Å². The second kappa shape index (κ2) is 8.55. The van der Waals surface area contributed by atoms with Gasteiger partial charge in [0.05, 0.1) is 13.0 Å². The Hall–Kier alpha value is -1.71. The minimum Gasteiger partial charge on any atom is -0.493 e. The van der Waals surface area contributed by atoms with Crippen LogP contribution in [0.1, 0.15) is 34.1 Å². The first-order chi connectivity index (χ1) is 9.90. The molecule has 118 valence electrons. The van der Waals surface area contributed by atoms with E-state index in [-0.39, 0.29) is 5.91 Å². The van der Waals surface area contributed by atoms with Gasteiger partial charge in [0.15, 0.2) is 0 Å². The van der Waals surface area contributed by atoms with Gasteiger partial charge in [-0.25, -0.2) is 0 Å². The molecule has 4 nitrogen and oxygen atoms in total. The van der Waals surface area contributed by atoms with E-state index in [9.17, 15) is 4.79 Å². The first-order valence-corrected chi connectivity index (χ1v) is 7.65. The largest absolute Gasteiger partial charge is 0.493 e. The number of amides is 1. The van der Waals surface area contributed by atoms with Gasteiger partial charge in [0.1, 0.15) is 5.75 Å². The van der Waals surface area contributed by atoms with E-state index in [0.717, 1.165) is 6.54 Å². The predicted octanol–water partition coefficient (Wildman–Crippen LogP) is 3.08. The van der Waals surface area contributed by atoms with Crippen molar-refractivity contribution in [3.8, 4) is 5.75 Å². The maximum atomic E-state index is 11.8. The zero-order valence-electron chi connectivity index (χ0n) is 13.6. The van der Waals surface area contributed by atoms with Crippen molar-refractivity contribution >= 4 is 11.6 Å². The summed E-state index contributed by atoms with van der Waals surface area (Å²) in [4.78, 5) is 11.8. The van der Waals surface area contributed by atoms with Gasteiger partial charge in [0.2, 0.25) is 5.91 Å². The lowest BCUT2D eigenvalue weighted by atomic mass is 9.85. The van der Waals surface area contributed by atoms with Gasteiger partial charge in [0.25, 0.3) is 0 Å². The Morgan fingerprint density at radius 1 is 1.24 bits per heavy atom. The van der Waals surface area contributed by atoms with Crippen LogP contribution in [0.25, 0.3) is 0 Å². The van der Waals surface area contributed by atoms with E-state index in [4.69, 9.17) is 10.5 Å². The maximum Gasteiger partial charge on any atom is 0.223 e. The number of carbonyl (C=O) groups is 1. The zero-order chi connectivity index (χ0) is 15.8. The van der Waals surface area contributed by atoms with Gasteiger partial charge in [-0.1, -0.05) is 33.8 Å². The second-order valence-corrected chi connectivity index (χ2v) is 6.13. The molecule has 21 heavy (non-hydrogen) atoms. The van der Waals surface area contributed by atoms with Gasteiger partial charge in [0, 0.05) is 18.3 Å². The number of hydrogen-bond acceptors (Lipinski definition) is 3. The van der Waals surface area contributed by atoms with Gasteiger partial charge >= 0.3 is 0 Å². The number of nitrogens with one attached hydrogen (secondary N) is 1. The Kier molecular flexibility index (Phi) is 7.06. The Labute approximate surface area is 128 Å². The van der Waals surface area contributed by atoms with Crippen molar-refractivity contribution < 1.29 is 9.53 Å². The highest BCUT2D eigenvalue weighted by Crippen LogP contribution is 2.19. The fraction of sp³-hybridized carbons (Fsp3) is 0.588. The quantitative estimate of drug-likeness (QED) is 0.724. The molecule has 1 rings (SSSR count). The van der Waals surface area contributed by atoms with Gasteiger partial charge < -0.3 is 15.8 Å². The summed E-state index contributed by atoms with van der Waals surface area (Å²) in [7, 11) is 0. The van der Waals surface area contributed by atoms with Crippen LogP contribution in [0.2, 0.25) is 0 Å². The molecule has 0 fully saturated rings. The summed E-state index contributed by atoms with van der Waals surface area (Å²) in [6, 6.07) is 7.23. The van der Waals surface area contributed by atoms with Crippen molar-refractivity contribution in [1.82, 2.24) is 5.32 Å². The first kappa shape index (κ1) is 17.3. The molecule has 1 aromatic rings. The molecule has 0 spiro atoms. The molecule has 0 radical (unpaired) electrons. The molecule has 0 saturated carbocycles. The van der Waals surface area contributed by atoms with Crippen LogP contribution in [0.3, 0.4) is 0 Å². The number of carbonyl (C=O) groups excluding carboxylic acids is 1. The number of benzene rings is 1. The smallest absolute Gasteiger partial charge is 0.223 e. The highest BCUT2D eigenvalue weighted by Gasteiger charge is 2.18. The third kappa shape index (κ3) is 6.52. The van der Waals surface area contributed by atoms with Crippen LogP contribution in [0.4, 0.5) is 5.69 Å². The number of nitrogens with two attached hydrogens (primary N) is 1. The molecule has 0 aliphatic rings. The summed E-state index contributed by atoms with van der Waals surface area (Å²) in [6.45, 7) is 9.87. The molecule has 1 amide bonds. The molecule has 3 N–H and O–H groups in total. The average molecular weight is 292 g/mol. The van der Waals surface area contributed by atoms with Crippen molar-refractivity contribution in [3.05, 3.63) is 24.3 Å². The van der Waals surface area contributed by atoms with E-state index in [1.165, 1.54) is 0 Å². The molecule has 0 unspecified atom stereocenters. The maximum absolute atomic E-state index is 11.8. The number of anilines is 1. The SMILES string of the molecule is CC(C)C(CNC(=O)CCOc1cccc(N)c1)C(C)C. The normalized spacial score (nSPS) is 11.2. The molecule has 4 heteroatoms. The van der Waals surface area contributed by atoms with Gasteiger partial charge in [-0.05, 0) is 29.9 Å². The lowest BCUT2D eigenvalue weighted by Gasteiger charge is -2.25. The molecule has 1 aromatic carbocycles. The molecule has 0 atom stereocenters. The van der Waals surface area contributed by atoms with Crippen LogP contribution in [0.5, 0.6) is 5.75 Å². The van der Waals surface area contributed by atoms with E-state index in [1.54, 1.807) is 12.1 Å². The number of rotatable bonds is 8. The summed E-state index contributed by atoms with van der Waals surface area (Å²) in [5, 5.41) is 3.00. The van der Waals surface area contributed by atoms with E-state index in [2.05, 4.69) is 33.0 Å². The van der Waals surface area contributed by atoms with Crippen molar-refractivity contribution in [2.45, 2.75) is 34.1 Å². The molecular formula is C17H28N2O2. The highest BCUT2D eigenvalue weighted by atomic mass is 16.5. The Morgan fingerprint density at radius 3 is 2.48 bits per heavy atom. The minimum atomic E-state index is 0.0326. The number of hydrogen-bond donors (Lipinski definition) is 2. The van der Waals surface area contributed by atoms with Crippen LogP contribution in [-0.2, 0) is 4.79 Å². The molecule has 0 aliphatic carbocycles. The Bertz CT molecular complexity index is 436. The monoisotopic (exact) mass is 292 g/mol.